The van der Waals surface area contributed by atoms with Gasteiger partial charge in [0.1, 0.15) is 12.6 Å². The van der Waals surface area contributed by atoms with Crippen LogP contribution in [0.25, 0.3) is 0 Å². The third kappa shape index (κ3) is 5.02. The highest BCUT2D eigenvalue weighted by Crippen LogP contribution is 2.41. The molecule has 1 aromatic carbocycles. The molecule has 2 saturated heterocycles. The second-order valence-corrected chi connectivity index (χ2v) is 10.7. The lowest BCUT2D eigenvalue weighted by Crippen LogP contribution is -2.57. The monoisotopic (exact) mass is 478 g/mol. The Hall–Kier alpha value is -2.17. The molecular weight excluding hydrogens is 444 g/mol. The Labute approximate surface area is 196 Å². The molecule has 0 saturated carbocycles. The van der Waals surface area contributed by atoms with Gasteiger partial charge in [0.05, 0.1) is 16.3 Å². The number of nitrogens with one attached hydrogen (secondary N) is 1. The van der Waals surface area contributed by atoms with Crippen LogP contribution in [0, 0.1) is 0 Å². The van der Waals surface area contributed by atoms with Crippen LogP contribution >= 0.6 is 0 Å². The number of nitrogens with zero attached hydrogens (tertiary/aromatic N) is 3. The lowest BCUT2D eigenvalue weighted by molar-refractivity contribution is -0.125. The molecule has 2 amide bonds. The molecule has 1 aromatic rings. The van der Waals surface area contributed by atoms with Crippen LogP contribution in [0.4, 0.5) is 11.4 Å². The highest BCUT2D eigenvalue weighted by Gasteiger charge is 2.41. The molecule has 33 heavy (non-hydrogen) atoms. The Morgan fingerprint density at radius 1 is 1.12 bits per heavy atom. The van der Waals surface area contributed by atoms with Crippen molar-refractivity contribution in [3.8, 4) is 0 Å². The summed E-state index contributed by atoms with van der Waals surface area (Å²) in [5.74, 6) is -0.398. The van der Waals surface area contributed by atoms with Gasteiger partial charge in [0.15, 0.2) is 0 Å². The predicted molar refractivity (Wildman–Crippen MR) is 126 cm³/mol. The number of benzene rings is 1. The van der Waals surface area contributed by atoms with Gasteiger partial charge in [0, 0.05) is 39.4 Å². The van der Waals surface area contributed by atoms with E-state index in [0.29, 0.717) is 45.0 Å². The smallest absolute Gasteiger partial charge is 0.250 e. The van der Waals surface area contributed by atoms with Gasteiger partial charge in [-0.2, -0.15) is 4.31 Å². The third-order valence-corrected chi connectivity index (χ3v) is 8.49. The van der Waals surface area contributed by atoms with E-state index >= 15 is 0 Å². The van der Waals surface area contributed by atoms with Gasteiger partial charge >= 0.3 is 0 Å². The SMILES string of the molecule is CCOCCCNC(=O)CN1C(=O)C2CCCCN2c2ccc(S(=O)(=O)N3CCCC3)cc21. The van der Waals surface area contributed by atoms with Gasteiger partial charge in [-0.15, -0.1) is 0 Å². The molecule has 182 valence electrons. The van der Waals surface area contributed by atoms with Crippen molar-refractivity contribution < 1.29 is 22.7 Å². The number of ether oxygens (including phenoxy) is 1. The topological polar surface area (TPSA) is 99.3 Å². The molecule has 4 rings (SSSR count). The number of amides is 2. The molecule has 1 N–H and O–H groups in total. The first-order valence-corrected chi connectivity index (χ1v) is 13.4. The number of carbonyl (C=O) groups excluding carboxylic acids is 2. The van der Waals surface area contributed by atoms with Crippen molar-refractivity contribution in [2.75, 3.05) is 55.7 Å². The number of hydrogen-bond acceptors (Lipinski definition) is 6. The highest BCUT2D eigenvalue weighted by molar-refractivity contribution is 7.89. The fraction of sp³-hybridized carbons (Fsp3) is 0.652. The maximum atomic E-state index is 13.4. The summed E-state index contributed by atoms with van der Waals surface area (Å²) in [5, 5.41) is 2.85. The van der Waals surface area contributed by atoms with Crippen molar-refractivity contribution >= 4 is 33.2 Å². The standard InChI is InChI=1S/C23H34N4O5S/c1-2-32-15-7-11-24-22(28)17-27-21-16-18(33(30,31)25-12-5-6-13-25)9-10-19(21)26-14-4-3-8-20(26)23(27)29/h9-10,16,20H,2-8,11-15,17H2,1H3,(H,24,28). The van der Waals surface area contributed by atoms with Crippen molar-refractivity contribution in [3.05, 3.63) is 18.2 Å². The van der Waals surface area contributed by atoms with Crippen molar-refractivity contribution in [2.45, 2.75) is 56.4 Å². The van der Waals surface area contributed by atoms with Crippen molar-refractivity contribution in [2.24, 2.45) is 0 Å². The summed E-state index contributed by atoms with van der Waals surface area (Å²) in [4.78, 5) is 29.8. The van der Waals surface area contributed by atoms with Gasteiger partial charge in [-0.05, 0) is 63.6 Å². The van der Waals surface area contributed by atoms with Gasteiger partial charge in [0.25, 0.3) is 0 Å². The fourth-order valence-electron chi connectivity index (χ4n) is 4.88. The Bertz CT molecular complexity index is 977. The minimum absolute atomic E-state index is 0.127. The van der Waals surface area contributed by atoms with E-state index in [1.54, 1.807) is 18.2 Å². The molecule has 1 atom stereocenters. The number of rotatable bonds is 9. The van der Waals surface area contributed by atoms with Gasteiger partial charge in [-0.3, -0.25) is 14.5 Å². The molecule has 0 radical (unpaired) electrons. The molecule has 2 fully saturated rings. The largest absolute Gasteiger partial charge is 0.382 e. The molecule has 0 aromatic heterocycles. The van der Waals surface area contributed by atoms with Crippen molar-refractivity contribution in [1.29, 1.82) is 0 Å². The van der Waals surface area contributed by atoms with Crippen LogP contribution in [0.2, 0.25) is 0 Å². The molecule has 0 spiro atoms. The van der Waals surface area contributed by atoms with Crippen LogP contribution in [-0.4, -0.2) is 76.5 Å². The first-order valence-electron chi connectivity index (χ1n) is 12.0. The van der Waals surface area contributed by atoms with Crippen LogP contribution in [0.5, 0.6) is 0 Å². The molecular formula is C23H34N4O5S. The number of carbonyl (C=O) groups is 2. The quantitative estimate of drug-likeness (QED) is 0.543. The van der Waals surface area contributed by atoms with Gasteiger partial charge in [0.2, 0.25) is 21.8 Å². The van der Waals surface area contributed by atoms with E-state index in [1.165, 1.54) is 9.21 Å². The highest BCUT2D eigenvalue weighted by atomic mass is 32.2. The summed E-state index contributed by atoms with van der Waals surface area (Å²) >= 11 is 0. The van der Waals surface area contributed by atoms with Gasteiger partial charge in [-0.1, -0.05) is 0 Å². The van der Waals surface area contributed by atoms with E-state index in [-0.39, 0.29) is 29.3 Å². The number of sulfonamides is 1. The Morgan fingerprint density at radius 2 is 1.88 bits per heavy atom. The lowest BCUT2D eigenvalue weighted by atomic mass is 9.96. The Balaban J connectivity index is 1.60. The van der Waals surface area contributed by atoms with E-state index in [2.05, 4.69) is 10.2 Å². The zero-order chi connectivity index (χ0) is 23.4. The molecule has 3 aliphatic rings. The van der Waals surface area contributed by atoms with E-state index in [9.17, 15) is 18.0 Å². The van der Waals surface area contributed by atoms with Crippen LogP contribution in [0.3, 0.4) is 0 Å². The first-order chi connectivity index (χ1) is 15.9. The maximum absolute atomic E-state index is 13.4. The molecule has 9 nitrogen and oxygen atoms in total. The average molecular weight is 479 g/mol. The first kappa shape index (κ1) is 24.0. The van der Waals surface area contributed by atoms with Crippen molar-refractivity contribution in [3.63, 3.8) is 0 Å². The van der Waals surface area contributed by atoms with Crippen LogP contribution < -0.4 is 15.1 Å². The lowest BCUT2D eigenvalue weighted by Gasteiger charge is -2.45. The zero-order valence-electron chi connectivity index (χ0n) is 19.3. The number of piperidine rings is 1. The number of anilines is 2. The number of hydrogen-bond donors (Lipinski definition) is 1. The second kappa shape index (κ2) is 10.4. The summed E-state index contributed by atoms with van der Waals surface area (Å²) in [6.07, 6.45) is 5.08. The minimum Gasteiger partial charge on any atom is -0.382 e. The minimum atomic E-state index is -3.63. The van der Waals surface area contributed by atoms with E-state index < -0.39 is 10.0 Å². The van der Waals surface area contributed by atoms with Crippen molar-refractivity contribution in [1.82, 2.24) is 9.62 Å². The summed E-state index contributed by atoms with van der Waals surface area (Å²) in [5.41, 5.74) is 1.33. The molecule has 1 unspecified atom stereocenters. The molecule has 0 bridgehead atoms. The summed E-state index contributed by atoms with van der Waals surface area (Å²) < 4.78 is 33.1. The predicted octanol–water partition coefficient (Wildman–Crippen LogP) is 1.72. The molecule has 3 heterocycles. The van der Waals surface area contributed by atoms with E-state index in [0.717, 1.165) is 44.3 Å². The average Bonchev–Trinajstić information content (AvgIpc) is 3.37. The van der Waals surface area contributed by atoms with Crippen LogP contribution in [0.1, 0.15) is 45.4 Å². The maximum Gasteiger partial charge on any atom is 0.250 e. The summed E-state index contributed by atoms with van der Waals surface area (Å²) in [7, 11) is -3.63. The van der Waals surface area contributed by atoms with E-state index in [4.69, 9.17) is 4.74 Å². The van der Waals surface area contributed by atoms with Gasteiger partial charge in [-0.25, -0.2) is 8.42 Å². The molecule has 3 aliphatic heterocycles. The Kier molecular flexibility index (Phi) is 7.55. The third-order valence-electron chi connectivity index (χ3n) is 6.60. The summed E-state index contributed by atoms with van der Waals surface area (Å²) in [6.45, 7) is 5.24. The van der Waals surface area contributed by atoms with Crippen LogP contribution in [0.15, 0.2) is 23.1 Å². The van der Waals surface area contributed by atoms with Gasteiger partial charge < -0.3 is 15.0 Å². The van der Waals surface area contributed by atoms with E-state index in [1.807, 2.05) is 6.92 Å². The number of fused-ring (bicyclic) bond motifs is 3. The fourth-order valence-corrected chi connectivity index (χ4v) is 6.42. The normalized spacial score (nSPS) is 21.1. The van der Waals surface area contributed by atoms with Crippen LogP contribution in [-0.2, 0) is 24.3 Å². The summed E-state index contributed by atoms with van der Waals surface area (Å²) in [6, 6.07) is 4.71. The molecule has 0 aliphatic carbocycles. The zero-order valence-corrected chi connectivity index (χ0v) is 20.1. The molecule has 10 heteroatoms. The second-order valence-electron chi connectivity index (χ2n) is 8.79. The Morgan fingerprint density at radius 3 is 2.64 bits per heavy atom.